The average molecular weight is 281 g/mol. The molecule has 0 aliphatic carbocycles. The SMILES string of the molecule is CC(C)C(N)c1cncn1-c1ccc(OC(F)F)cc1. The van der Waals surface area contributed by atoms with Crippen LogP contribution in [0.2, 0.25) is 0 Å². The number of nitrogens with two attached hydrogens (primary N) is 1. The number of nitrogens with zero attached hydrogens (tertiary/aromatic N) is 2. The fourth-order valence-corrected chi connectivity index (χ4v) is 1.90. The Hall–Kier alpha value is -1.95. The van der Waals surface area contributed by atoms with Gasteiger partial charge < -0.3 is 15.0 Å². The summed E-state index contributed by atoms with van der Waals surface area (Å²) in [5, 5.41) is 0. The first-order valence-corrected chi connectivity index (χ1v) is 6.32. The van der Waals surface area contributed by atoms with Gasteiger partial charge in [0.15, 0.2) is 0 Å². The molecule has 1 heterocycles. The molecular formula is C14H17F2N3O. The van der Waals surface area contributed by atoms with E-state index in [-0.39, 0.29) is 17.7 Å². The summed E-state index contributed by atoms with van der Waals surface area (Å²) in [5.41, 5.74) is 7.81. The lowest BCUT2D eigenvalue weighted by atomic mass is 10.0. The quantitative estimate of drug-likeness (QED) is 0.916. The van der Waals surface area contributed by atoms with Crippen molar-refractivity contribution in [1.82, 2.24) is 9.55 Å². The zero-order valence-corrected chi connectivity index (χ0v) is 11.3. The Kier molecular flexibility index (Phi) is 4.34. The molecule has 0 radical (unpaired) electrons. The molecule has 1 aromatic heterocycles. The minimum Gasteiger partial charge on any atom is -0.435 e. The highest BCUT2D eigenvalue weighted by Crippen LogP contribution is 2.23. The number of alkyl halides is 2. The maximum Gasteiger partial charge on any atom is 0.387 e. The predicted octanol–water partition coefficient (Wildman–Crippen LogP) is 3.13. The number of hydrogen-bond donors (Lipinski definition) is 1. The van der Waals surface area contributed by atoms with E-state index in [9.17, 15) is 8.78 Å². The lowest BCUT2D eigenvalue weighted by Gasteiger charge is -2.18. The number of ether oxygens (including phenoxy) is 1. The first-order valence-electron chi connectivity index (χ1n) is 6.32. The van der Waals surface area contributed by atoms with Gasteiger partial charge in [-0.2, -0.15) is 8.78 Å². The van der Waals surface area contributed by atoms with E-state index >= 15 is 0 Å². The minimum atomic E-state index is -2.82. The van der Waals surface area contributed by atoms with Gasteiger partial charge in [0.1, 0.15) is 5.75 Å². The molecule has 0 spiro atoms. The van der Waals surface area contributed by atoms with Crippen molar-refractivity contribution in [2.45, 2.75) is 26.5 Å². The van der Waals surface area contributed by atoms with Crippen LogP contribution in [0.5, 0.6) is 5.75 Å². The van der Waals surface area contributed by atoms with Crippen LogP contribution in [-0.4, -0.2) is 16.2 Å². The molecule has 0 aliphatic rings. The Balaban J connectivity index is 2.26. The van der Waals surface area contributed by atoms with E-state index in [0.717, 1.165) is 11.4 Å². The van der Waals surface area contributed by atoms with Gasteiger partial charge in [-0.3, -0.25) is 0 Å². The molecule has 0 saturated carbocycles. The van der Waals surface area contributed by atoms with Crippen LogP contribution in [0.15, 0.2) is 36.8 Å². The van der Waals surface area contributed by atoms with Gasteiger partial charge in [0.25, 0.3) is 0 Å². The van der Waals surface area contributed by atoms with Crippen LogP contribution in [0.3, 0.4) is 0 Å². The monoisotopic (exact) mass is 281 g/mol. The van der Waals surface area contributed by atoms with Gasteiger partial charge in [-0.15, -0.1) is 0 Å². The van der Waals surface area contributed by atoms with E-state index in [1.54, 1.807) is 24.7 Å². The molecule has 2 N–H and O–H groups in total. The molecule has 20 heavy (non-hydrogen) atoms. The number of hydrogen-bond acceptors (Lipinski definition) is 3. The number of rotatable bonds is 5. The van der Waals surface area contributed by atoms with Crippen molar-refractivity contribution in [3.05, 3.63) is 42.5 Å². The van der Waals surface area contributed by atoms with Gasteiger partial charge in [-0.1, -0.05) is 13.8 Å². The normalized spacial score (nSPS) is 12.9. The molecule has 1 unspecified atom stereocenters. The average Bonchev–Trinajstić information content (AvgIpc) is 2.87. The van der Waals surface area contributed by atoms with Gasteiger partial charge in [-0.25, -0.2) is 4.98 Å². The predicted molar refractivity (Wildman–Crippen MR) is 72.0 cm³/mol. The van der Waals surface area contributed by atoms with E-state index in [0.29, 0.717) is 0 Å². The minimum absolute atomic E-state index is 0.124. The van der Waals surface area contributed by atoms with Crippen LogP contribution in [0.1, 0.15) is 25.6 Å². The van der Waals surface area contributed by atoms with Crippen molar-refractivity contribution in [1.29, 1.82) is 0 Å². The van der Waals surface area contributed by atoms with E-state index in [1.807, 2.05) is 18.4 Å². The Bertz CT molecular complexity index is 552. The molecule has 4 nitrogen and oxygen atoms in total. The molecule has 6 heteroatoms. The summed E-state index contributed by atoms with van der Waals surface area (Å²) in [5.74, 6) is 0.394. The highest BCUT2D eigenvalue weighted by Gasteiger charge is 2.16. The second-order valence-electron chi connectivity index (χ2n) is 4.83. The molecule has 1 aromatic carbocycles. The highest BCUT2D eigenvalue weighted by molar-refractivity contribution is 5.39. The zero-order valence-electron chi connectivity index (χ0n) is 11.3. The third kappa shape index (κ3) is 3.14. The van der Waals surface area contributed by atoms with Crippen LogP contribution < -0.4 is 10.5 Å². The molecule has 1 atom stereocenters. The second-order valence-corrected chi connectivity index (χ2v) is 4.83. The van der Waals surface area contributed by atoms with Gasteiger partial charge in [-0.05, 0) is 30.2 Å². The van der Waals surface area contributed by atoms with Crippen molar-refractivity contribution < 1.29 is 13.5 Å². The van der Waals surface area contributed by atoms with E-state index < -0.39 is 6.61 Å². The Morgan fingerprint density at radius 1 is 1.20 bits per heavy atom. The maximum atomic E-state index is 12.1. The highest BCUT2D eigenvalue weighted by atomic mass is 19.3. The Labute approximate surface area is 116 Å². The molecule has 108 valence electrons. The maximum absolute atomic E-state index is 12.1. The lowest BCUT2D eigenvalue weighted by Crippen LogP contribution is -2.19. The van der Waals surface area contributed by atoms with Crippen molar-refractivity contribution in [2.24, 2.45) is 11.7 Å². The van der Waals surface area contributed by atoms with Crippen molar-refractivity contribution in [3.63, 3.8) is 0 Å². The number of halogens is 2. The molecule has 2 rings (SSSR count). The summed E-state index contributed by atoms with van der Waals surface area (Å²) in [6.07, 6.45) is 3.37. The van der Waals surface area contributed by atoms with Gasteiger partial charge in [0.05, 0.1) is 18.2 Å². The molecule has 0 fully saturated rings. The third-order valence-corrected chi connectivity index (χ3v) is 3.07. The largest absolute Gasteiger partial charge is 0.435 e. The van der Waals surface area contributed by atoms with Gasteiger partial charge in [0, 0.05) is 11.7 Å². The number of benzene rings is 1. The fraction of sp³-hybridized carbons (Fsp3) is 0.357. The molecule has 0 aliphatic heterocycles. The standard InChI is InChI=1S/C14H17F2N3O/c1-9(2)13(17)12-7-18-8-19(12)10-3-5-11(6-4-10)20-14(15)16/h3-9,13-14H,17H2,1-2H3. The van der Waals surface area contributed by atoms with Crippen LogP contribution >= 0.6 is 0 Å². The van der Waals surface area contributed by atoms with Crippen molar-refractivity contribution >= 4 is 0 Å². The molecule has 2 aromatic rings. The first-order chi connectivity index (χ1) is 9.49. The van der Waals surface area contributed by atoms with E-state index in [4.69, 9.17) is 5.73 Å². The molecule has 0 amide bonds. The van der Waals surface area contributed by atoms with Crippen LogP contribution in [0.4, 0.5) is 8.78 Å². The lowest BCUT2D eigenvalue weighted by molar-refractivity contribution is -0.0498. The summed E-state index contributed by atoms with van der Waals surface area (Å²) in [7, 11) is 0. The van der Waals surface area contributed by atoms with E-state index in [2.05, 4.69) is 9.72 Å². The van der Waals surface area contributed by atoms with Crippen molar-refractivity contribution in [2.75, 3.05) is 0 Å². The third-order valence-electron chi connectivity index (χ3n) is 3.07. The zero-order chi connectivity index (χ0) is 14.7. The van der Waals surface area contributed by atoms with Crippen LogP contribution in [0.25, 0.3) is 5.69 Å². The first kappa shape index (κ1) is 14.5. The summed E-state index contributed by atoms with van der Waals surface area (Å²) >= 11 is 0. The smallest absolute Gasteiger partial charge is 0.387 e. The number of aromatic nitrogens is 2. The molecule has 0 saturated heterocycles. The van der Waals surface area contributed by atoms with Gasteiger partial charge >= 0.3 is 6.61 Å². The van der Waals surface area contributed by atoms with Crippen LogP contribution in [0, 0.1) is 5.92 Å². The van der Waals surface area contributed by atoms with Crippen LogP contribution in [-0.2, 0) is 0 Å². The summed E-state index contributed by atoms with van der Waals surface area (Å²) in [6, 6.07) is 6.22. The summed E-state index contributed by atoms with van der Waals surface area (Å²) in [6.45, 7) is 1.24. The van der Waals surface area contributed by atoms with E-state index in [1.165, 1.54) is 12.1 Å². The summed E-state index contributed by atoms with van der Waals surface area (Å²) in [4.78, 5) is 4.10. The molecular weight excluding hydrogens is 264 g/mol. The molecule has 0 bridgehead atoms. The Morgan fingerprint density at radius 3 is 2.40 bits per heavy atom. The number of imidazole rings is 1. The summed E-state index contributed by atoms with van der Waals surface area (Å²) < 4.78 is 30.4. The van der Waals surface area contributed by atoms with Crippen molar-refractivity contribution in [3.8, 4) is 11.4 Å². The Morgan fingerprint density at radius 2 is 1.85 bits per heavy atom. The fourth-order valence-electron chi connectivity index (χ4n) is 1.90. The van der Waals surface area contributed by atoms with Gasteiger partial charge in [0.2, 0.25) is 0 Å². The topological polar surface area (TPSA) is 53.1 Å². The second kappa shape index (κ2) is 6.00.